The fourth-order valence-corrected chi connectivity index (χ4v) is 1.89. The Morgan fingerprint density at radius 1 is 0.765 bits per heavy atom. The molecule has 92 valence electrons. The molecule has 0 aromatic heterocycles. The van der Waals surface area contributed by atoms with E-state index in [1.807, 2.05) is 18.2 Å². The Morgan fingerprint density at radius 2 is 1.06 bits per heavy atom. The molecule has 0 aromatic carbocycles. The lowest BCUT2D eigenvalue weighted by Crippen LogP contribution is -2.03. The zero-order chi connectivity index (χ0) is 13.0. The Balaban J connectivity index is 4.16. The third-order valence-electron chi connectivity index (χ3n) is 1.39. The van der Waals surface area contributed by atoms with Crippen molar-refractivity contribution in [2.45, 2.75) is 19.3 Å². The van der Waals surface area contributed by atoms with Gasteiger partial charge in [0.1, 0.15) is 0 Å². The maximum atomic E-state index is 11.8. The molecular formula is C9H12N3O4P. The molecule has 0 aliphatic rings. The summed E-state index contributed by atoms with van der Waals surface area (Å²) in [6.07, 6.45) is 0.146. The first-order chi connectivity index (χ1) is 8.18. The van der Waals surface area contributed by atoms with Gasteiger partial charge in [-0.1, -0.05) is 0 Å². The first kappa shape index (κ1) is 15.6. The molecule has 0 heterocycles. The standard InChI is InChI=1S/C9H12N3O4P/c10-4-1-7-14-17(13,15-8-2-5-11)16-9-3-6-12/h1-3,7-9H2. The molecule has 0 radical (unpaired) electrons. The van der Waals surface area contributed by atoms with Gasteiger partial charge in [0, 0.05) is 0 Å². The molecule has 0 bridgehead atoms. The van der Waals surface area contributed by atoms with Gasteiger partial charge < -0.3 is 0 Å². The fourth-order valence-electron chi connectivity index (χ4n) is 0.721. The van der Waals surface area contributed by atoms with Crippen molar-refractivity contribution in [3.63, 3.8) is 0 Å². The molecular weight excluding hydrogens is 245 g/mol. The van der Waals surface area contributed by atoms with Crippen LogP contribution < -0.4 is 0 Å². The average molecular weight is 257 g/mol. The lowest BCUT2D eigenvalue weighted by Gasteiger charge is -2.16. The van der Waals surface area contributed by atoms with Crippen LogP contribution in [0.1, 0.15) is 19.3 Å². The quantitative estimate of drug-likeness (QED) is 0.457. The Hall–Kier alpha value is -1.42. The Morgan fingerprint density at radius 3 is 1.29 bits per heavy atom. The second kappa shape index (κ2) is 9.78. The summed E-state index contributed by atoms with van der Waals surface area (Å²) in [5.74, 6) is 0. The van der Waals surface area contributed by atoms with Crippen molar-refractivity contribution < 1.29 is 18.1 Å². The van der Waals surface area contributed by atoms with E-state index in [0.717, 1.165) is 0 Å². The van der Waals surface area contributed by atoms with Gasteiger partial charge in [-0.15, -0.1) is 0 Å². The molecule has 0 saturated heterocycles. The fraction of sp³-hybridized carbons (Fsp3) is 0.667. The molecule has 0 unspecified atom stereocenters. The number of nitriles is 3. The van der Waals surface area contributed by atoms with E-state index in [4.69, 9.17) is 29.4 Å². The van der Waals surface area contributed by atoms with Gasteiger partial charge in [-0.05, 0) is 0 Å². The van der Waals surface area contributed by atoms with Crippen molar-refractivity contribution in [3.8, 4) is 18.2 Å². The van der Waals surface area contributed by atoms with Gasteiger partial charge in [-0.25, -0.2) is 4.57 Å². The largest absolute Gasteiger partial charge is 0.474 e. The predicted octanol–water partition coefficient (Wildman–Crippen LogP) is 1.89. The normalized spacial score (nSPS) is 10.2. The first-order valence-corrected chi connectivity index (χ1v) is 6.29. The van der Waals surface area contributed by atoms with Gasteiger partial charge >= 0.3 is 7.82 Å². The van der Waals surface area contributed by atoms with E-state index in [2.05, 4.69) is 0 Å². The van der Waals surface area contributed by atoms with Crippen molar-refractivity contribution in [1.29, 1.82) is 15.8 Å². The second-order valence-electron chi connectivity index (χ2n) is 2.67. The van der Waals surface area contributed by atoms with Gasteiger partial charge in [-0.3, -0.25) is 13.6 Å². The van der Waals surface area contributed by atoms with E-state index in [9.17, 15) is 4.57 Å². The van der Waals surface area contributed by atoms with Crippen LogP contribution in [0, 0.1) is 34.0 Å². The van der Waals surface area contributed by atoms with E-state index in [0.29, 0.717) is 0 Å². The molecule has 7 nitrogen and oxygen atoms in total. The van der Waals surface area contributed by atoms with Crippen LogP contribution in [0.3, 0.4) is 0 Å². The number of phosphoric acid groups is 1. The summed E-state index contributed by atoms with van der Waals surface area (Å²) in [6.45, 7) is -0.271. The number of hydrogen-bond acceptors (Lipinski definition) is 7. The van der Waals surface area contributed by atoms with Crippen molar-refractivity contribution in [2.75, 3.05) is 19.8 Å². The molecule has 0 aliphatic heterocycles. The topological polar surface area (TPSA) is 116 Å². The van der Waals surface area contributed by atoms with Crippen molar-refractivity contribution in [2.24, 2.45) is 0 Å². The predicted molar refractivity (Wildman–Crippen MR) is 56.2 cm³/mol. The molecule has 0 aromatic rings. The van der Waals surface area contributed by atoms with Crippen LogP contribution in [0.5, 0.6) is 0 Å². The van der Waals surface area contributed by atoms with Crippen molar-refractivity contribution in [1.82, 2.24) is 0 Å². The van der Waals surface area contributed by atoms with Crippen LogP contribution >= 0.6 is 7.82 Å². The Bertz CT molecular complexity index is 322. The maximum Gasteiger partial charge on any atom is 0.474 e. The zero-order valence-electron chi connectivity index (χ0n) is 9.16. The van der Waals surface area contributed by atoms with Crippen LogP contribution in [-0.4, -0.2) is 19.8 Å². The number of phosphoric ester groups is 1. The van der Waals surface area contributed by atoms with Crippen LogP contribution in [0.15, 0.2) is 0 Å². The van der Waals surface area contributed by atoms with Crippen molar-refractivity contribution >= 4 is 7.82 Å². The van der Waals surface area contributed by atoms with Gasteiger partial charge in [-0.2, -0.15) is 15.8 Å². The summed E-state index contributed by atoms with van der Waals surface area (Å²) in [4.78, 5) is 0. The molecule has 0 N–H and O–H groups in total. The third-order valence-corrected chi connectivity index (χ3v) is 2.89. The van der Waals surface area contributed by atoms with E-state index in [1.54, 1.807) is 0 Å². The van der Waals surface area contributed by atoms with Crippen LogP contribution in [0.25, 0.3) is 0 Å². The van der Waals surface area contributed by atoms with Crippen LogP contribution in [0.2, 0.25) is 0 Å². The van der Waals surface area contributed by atoms with Gasteiger partial charge in [0.2, 0.25) is 0 Å². The van der Waals surface area contributed by atoms with E-state index in [1.165, 1.54) is 0 Å². The summed E-state index contributed by atoms with van der Waals surface area (Å²) in [5, 5.41) is 24.9. The minimum Gasteiger partial charge on any atom is -0.286 e. The highest BCUT2D eigenvalue weighted by atomic mass is 31.2. The summed E-state index contributed by atoms with van der Waals surface area (Å²) in [7, 11) is -3.76. The lowest BCUT2D eigenvalue weighted by molar-refractivity contribution is 0.118. The maximum absolute atomic E-state index is 11.8. The molecule has 0 amide bonds. The second-order valence-corrected chi connectivity index (χ2v) is 4.34. The molecule has 0 saturated carbocycles. The third kappa shape index (κ3) is 8.39. The van der Waals surface area contributed by atoms with E-state index >= 15 is 0 Å². The molecule has 0 rings (SSSR count). The monoisotopic (exact) mass is 257 g/mol. The first-order valence-electron chi connectivity index (χ1n) is 4.83. The highest BCUT2D eigenvalue weighted by Gasteiger charge is 2.26. The van der Waals surface area contributed by atoms with E-state index < -0.39 is 7.82 Å². The highest BCUT2D eigenvalue weighted by Crippen LogP contribution is 2.49. The smallest absolute Gasteiger partial charge is 0.286 e. The summed E-state index contributed by atoms with van der Waals surface area (Å²) < 4.78 is 26.3. The summed E-state index contributed by atoms with van der Waals surface area (Å²) in [5.41, 5.74) is 0. The van der Waals surface area contributed by atoms with Crippen LogP contribution in [0.4, 0.5) is 0 Å². The number of nitrogens with zero attached hydrogens (tertiary/aromatic N) is 3. The molecule has 0 fully saturated rings. The molecule has 0 atom stereocenters. The molecule has 17 heavy (non-hydrogen) atoms. The van der Waals surface area contributed by atoms with Gasteiger partial charge in [0.05, 0.1) is 57.3 Å². The zero-order valence-corrected chi connectivity index (χ0v) is 10.1. The van der Waals surface area contributed by atoms with Gasteiger partial charge in [0.15, 0.2) is 0 Å². The Kier molecular flexibility index (Phi) is 8.96. The highest BCUT2D eigenvalue weighted by molar-refractivity contribution is 7.48. The van der Waals surface area contributed by atoms with E-state index in [-0.39, 0.29) is 39.1 Å². The van der Waals surface area contributed by atoms with Gasteiger partial charge in [0.25, 0.3) is 0 Å². The number of rotatable bonds is 9. The minimum absolute atomic E-state index is 0.0488. The average Bonchev–Trinajstić information content (AvgIpc) is 2.30. The summed E-state index contributed by atoms with van der Waals surface area (Å²) in [6, 6.07) is 5.44. The molecule has 0 aliphatic carbocycles. The molecule has 8 heteroatoms. The Labute approximate surface area is 99.7 Å². The SMILES string of the molecule is N#CCCOP(=O)(OCCC#N)OCCC#N. The minimum atomic E-state index is -3.76. The number of hydrogen-bond donors (Lipinski definition) is 0. The lowest BCUT2D eigenvalue weighted by atomic mass is 10.5. The summed E-state index contributed by atoms with van der Waals surface area (Å²) >= 11 is 0. The molecule has 0 spiro atoms. The van der Waals surface area contributed by atoms with Crippen molar-refractivity contribution in [3.05, 3.63) is 0 Å². The van der Waals surface area contributed by atoms with Crippen LogP contribution in [-0.2, 0) is 18.1 Å².